The van der Waals surface area contributed by atoms with Gasteiger partial charge < -0.3 is 15.8 Å². The second-order valence-corrected chi connectivity index (χ2v) is 4.54. The highest BCUT2D eigenvalue weighted by Crippen LogP contribution is 2.21. The first-order valence-corrected chi connectivity index (χ1v) is 6.24. The van der Waals surface area contributed by atoms with Gasteiger partial charge in [0.1, 0.15) is 5.75 Å². The molecular formula is C13H17N5O3. The largest absolute Gasteiger partial charge is 0.496 e. The second kappa shape index (κ2) is 5.70. The molecule has 0 spiro atoms. The predicted octanol–water partition coefficient (Wildman–Crippen LogP) is -0.318. The highest BCUT2D eigenvalue weighted by atomic mass is 16.5. The summed E-state index contributed by atoms with van der Waals surface area (Å²) < 4.78 is 7.32. The number of methoxy groups -OCH3 is 1. The summed E-state index contributed by atoms with van der Waals surface area (Å²) in [7, 11) is 4.44. The van der Waals surface area contributed by atoms with Crippen LogP contribution < -0.4 is 27.0 Å². The van der Waals surface area contributed by atoms with E-state index < -0.39 is 11.2 Å². The fourth-order valence-electron chi connectivity index (χ4n) is 1.92. The molecule has 1 heterocycles. The van der Waals surface area contributed by atoms with E-state index in [1.165, 1.54) is 14.1 Å². The number of hydrogen-bond acceptors (Lipinski definition) is 6. The van der Waals surface area contributed by atoms with Crippen LogP contribution in [-0.2, 0) is 20.6 Å². The van der Waals surface area contributed by atoms with E-state index in [1.54, 1.807) is 25.3 Å². The number of benzene rings is 1. The molecule has 1 aromatic carbocycles. The van der Waals surface area contributed by atoms with Crippen molar-refractivity contribution in [2.24, 2.45) is 14.1 Å². The van der Waals surface area contributed by atoms with Gasteiger partial charge >= 0.3 is 5.69 Å². The van der Waals surface area contributed by atoms with E-state index >= 15 is 0 Å². The van der Waals surface area contributed by atoms with Crippen molar-refractivity contribution in [2.45, 2.75) is 6.54 Å². The molecule has 0 aliphatic heterocycles. The first-order chi connectivity index (χ1) is 9.93. The number of aromatic nitrogens is 3. The third-order valence-electron chi connectivity index (χ3n) is 3.07. The number of nitrogen functional groups attached to an aromatic ring is 1. The molecule has 21 heavy (non-hydrogen) atoms. The summed E-state index contributed by atoms with van der Waals surface area (Å²) in [5.74, 6) is 0.738. The van der Waals surface area contributed by atoms with Gasteiger partial charge in [0.2, 0.25) is 5.82 Å². The average Bonchev–Trinajstić information content (AvgIpc) is 2.47. The molecule has 0 aliphatic rings. The summed E-state index contributed by atoms with van der Waals surface area (Å²) in [4.78, 5) is 23.5. The maximum atomic E-state index is 12.0. The number of aryl methyl sites for hydroxylation is 1. The van der Waals surface area contributed by atoms with Gasteiger partial charge in [0.25, 0.3) is 5.56 Å². The molecule has 0 unspecified atom stereocenters. The van der Waals surface area contributed by atoms with Gasteiger partial charge in [-0.1, -0.05) is 0 Å². The Kier molecular flexibility index (Phi) is 3.97. The van der Waals surface area contributed by atoms with Crippen molar-refractivity contribution < 1.29 is 4.74 Å². The van der Waals surface area contributed by atoms with Crippen molar-refractivity contribution in [3.63, 3.8) is 0 Å². The van der Waals surface area contributed by atoms with Gasteiger partial charge in [0.15, 0.2) is 0 Å². The van der Waals surface area contributed by atoms with Crippen molar-refractivity contribution in [1.82, 2.24) is 14.3 Å². The molecule has 0 atom stereocenters. The Morgan fingerprint density at radius 3 is 2.71 bits per heavy atom. The Morgan fingerprint density at radius 1 is 1.33 bits per heavy atom. The van der Waals surface area contributed by atoms with E-state index in [9.17, 15) is 9.59 Å². The van der Waals surface area contributed by atoms with Gasteiger partial charge in [-0.3, -0.25) is 9.36 Å². The normalized spacial score (nSPS) is 10.4. The minimum absolute atomic E-state index is 0.0871. The molecule has 3 N–H and O–H groups in total. The lowest BCUT2D eigenvalue weighted by Gasteiger charge is -2.11. The molecule has 0 aliphatic carbocycles. The fourth-order valence-corrected chi connectivity index (χ4v) is 1.92. The molecule has 0 amide bonds. The standard InChI is InChI=1S/C13H17N5O3/c1-17-12(19)11(16-18(2)13(17)20)15-7-8-6-9(14)4-5-10(8)21-3/h4-6H,7,14H2,1-3H3,(H,15,16). The molecule has 0 bridgehead atoms. The zero-order valence-corrected chi connectivity index (χ0v) is 12.1. The number of nitrogens with one attached hydrogen (secondary N) is 1. The molecule has 112 valence electrons. The summed E-state index contributed by atoms with van der Waals surface area (Å²) in [5, 5.41) is 6.81. The summed E-state index contributed by atoms with van der Waals surface area (Å²) in [6.45, 7) is 0.300. The van der Waals surface area contributed by atoms with Crippen LogP contribution in [0.5, 0.6) is 5.75 Å². The van der Waals surface area contributed by atoms with E-state index in [0.29, 0.717) is 18.0 Å². The van der Waals surface area contributed by atoms with Crippen LogP contribution in [0.4, 0.5) is 11.5 Å². The van der Waals surface area contributed by atoms with Crippen LogP contribution in [-0.4, -0.2) is 21.5 Å². The van der Waals surface area contributed by atoms with Gasteiger partial charge in [0.05, 0.1) is 7.11 Å². The van der Waals surface area contributed by atoms with Crippen LogP contribution in [0, 0.1) is 0 Å². The van der Waals surface area contributed by atoms with Gasteiger partial charge in [-0.05, 0) is 18.2 Å². The maximum absolute atomic E-state index is 12.0. The van der Waals surface area contributed by atoms with Crippen molar-refractivity contribution >= 4 is 11.5 Å². The summed E-state index contributed by atoms with van der Waals surface area (Å²) in [5.41, 5.74) is 6.15. The summed E-state index contributed by atoms with van der Waals surface area (Å²) in [6.07, 6.45) is 0. The van der Waals surface area contributed by atoms with Gasteiger partial charge in [-0.25, -0.2) is 9.48 Å². The monoisotopic (exact) mass is 291 g/mol. The minimum atomic E-state index is -0.485. The lowest BCUT2D eigenvalue weighted by atomic mass is 10.2. The van der Waals surface area contributed by atoms with Gasteiger partial charge in [0, 0.05) is 31.9 Å². The highest BCUT2D eigenvalue weighted by Gasteiger charge is 2.10. The Labute approximate surface area is 120 Å². The lowest BCUT2D eigenvalue weighted by molar-refractivity contribution is 0.410. The Balaban J connectivity index is 2.31. The molecule has 1 aromatic heterocycles. The van der Waals surface area contributed by atoms with E-state index in [4.69, 9.17) is 10.5 Å². The molecular weight excluding hydrogens is 274 g/mol. The number of nitrogens with two attached hydrogens (primary N) is 1. The molecule has 0 saturated carbocycles. The molecule has 8 heteroatoms. The van der Waals surface area contributed by atoms with E-state index in [1.807, 2.05) is 0 Å². The third-order valence-corrected chi connectivity index (χ3v) is 3.07. The van der Waals surface area contributed by atoms with E-state index in [2.05, 4.69) is 10.4 Å². The van der Waals surface area contributed by atoms with E-state index in [-0.39, 0.29) is 5.82 Å². The number of hydrogen-bond donors (Lipinski definition) is 2. The topological polar surface area (TPSA) is 104 Å². The summed E-state index contributed by atoms with van der Waals surface area (Å²) >= 11 is 0. The first kappa shape index (κ1) is 14.6. The fraction of sp³-hybridized carbons (Fsp3) is 0.308. The summed E-state index contributed by atoms with van der Waals surface area (Å²) in [6, 6.07) is 5.22. The average molecular weight is 291 g/mol. The maximum Gasteiger partial charge on any atom is 0.346 e. The zero-order chi connectivity index (χ0) is 15.6. The van der Waals surface area contributed by atoms with Crippen LogP contribution >= 0.6 is 0 Å². The first-order valence-electron chi connectivity index (χ1n) is 6.24. The molecule has 2 rings (SSSR count). The Bertz CT molecular complexity index is 778. The van der Waals surface area contributed by atoms with Gasteiger partial charge in [-0.2, -0.15) is 0 Å². The Hall–Kier alpha value is -2.77. The van der Waals surface area contributed by atoms with E-state index in [0.717, 1.165) is 14.8 Å². The SMILES string of the molecule is COc1ccc(N)cc1CNc1nn(C)c(=O)n(C)c1=O. The quantitative estimate of drug-likeness (QED) is 0.748. The number of rotatable bonds is 4. The molecule has 2 aromatic rings. The van der Waals surface area contributed by atoms with Crippen LogP contribution in [0.15, 0.2) is 27.8 Å². The number of nitrogens with zero attached hydrogens (tertiary/aromatic N) is 3. The predicted molar refractivity (Wildman–Crippen MR) is 79.5 cm³/mol. The molecule has 0 saturated heterocycles. The van der Waals surface area contributed by atoms with Crippen molar-refractivity contribution in [3.8, 4) is 5.75 Å². The number of ether oxygens (including phenoxy) is 1. The van der Waals surface area contributed by atoms with Crippen LogP contribution in [0.3, 0.4) is 0 Å². The molecule has 8 nitrogen and oxygen atoms in total. The van der Waals surface area contributed by atoms with Crippen molar-refractivity contribution in [2.75, 3.05) is 18.2 Å². The second-order valence-electron chi connectivity index (χ2n) is 4.54. The third kappa shape index (κ3) is 2.88. The van der Waals surface area contributed by atoms with Crippen molar-refractivity contribution in [1.29, 1.82) is 0 Å². The number of anilines is 2. The lowest BCUT2D eigenvalue weighted by Crippen LogP contribution is -2.39. The smallest absolute Gasteiger partial charge is 0.346 e. The minimum Gasteiger partial charge on any atom is -0.496 e. The molecule has 0 fully saturated rings. The van der Waals surface area contributed by atoms with Crippen molar-refractivity contribution in [3.05, 3.63) is 44.6 Å². The van der Waals surface area contributed by atoms with Crippen LogP contribution in [0.25, 0.3) is 0 Å². The van der Waals surface area contributed by atoms with Crippen LogP contribution in [0.2, 0.25) is 0 Å². The Morgan fingerprint density at radius 2 is 2.05 bits per heavy atom. The van der Waals surface area contributed by atoms with Crippen LogP contribution in [0.1, 0.15) is 5.56 Å². The highest BCUT2D eigenvalue weighted by molar-refractivity contribution is 5.49. The molecule has 0 radical (unpaired) electrons. The zero-order valence-electron chi connectivity index (χ0n) is 12.1. The van der Waals surface area contributed by atoms with Gasteiger partial charge in [-0.15, -0.1) is 5.10 Å².